The van der Waals surface area contributed by atoms with Gasteiger partial charge in [-0.2, -0.15) is 0 Å². The van der Waals surface area contributed by atoms with Crippen LogP contribution in [0.15, 0.2) is 72.1 Å². The van der Waals surface area contributed by atoms with Crippen molar-refractivity contribution in [3.63, 3.8) is 0 Å². The lowest BCUT2D eigenvalue weighted by Crippen LogP contribution is -1.98. The number of benzene rings is 2. The van der Waals surface area contributed by atoms with Gasteiger partial charge in [0.15, 0.2) is 11.6 Å². The molecule has 2 aromatic carbocycles. The molecule has 134 valence electrons. The molecule has 0 saturated heterocycles. The van der Waals surface area contributed by atoms with E-state index < -0.39 is 0 Å². The molecule has 0 aliphatic carbocycles. The second-order valence-electron chi connectivity index (χ2n) is 6.28. The van der Waals surface area contributed by atoms with Crippen molar-refractivity contribution in [1.29, 1.82) is 0 Å². The zero-order valence-electron chi connectivity index (χ0n) is 15.6. The van der Waals surface area contributed by atoms with Gasteiger partial charge in [0.25, 0.3) is 0 Å². The van der Waals surface area contributed by atoms with E-state index in [0.29, 0.717) is 0 Å². The molecule has 0 unspecified atom stereocenters. The Morgan fingerprint density at radius 1 is 0.615 bits per heavy atom. The zero-order chi connectivity index (χ0) is 19.1. The number of carbonyl (C=O) groups is 2. The van der Waals surface area contributed by atoms with Crippen molar-refractivity contribution in [2.75, 3.05) is 10.6 Å². The van der Waals surface area contributed by atoms with Crippen LogP contribution >= 0.6 is 0 Å². The van der Waals surface area contributed by atoms with Crippen molar-refractivity contribution in [2.24, 2.45) is 0 Å². The molecule has 0 saturated carbocycles. The topological polar surface area (TPSA) is 58.2 Å². The van der Waals surface area contributed by atoms with Crippen LogP contribution in [0.1, 0.15) is 27.7 Å². The molecule has 0 aliphatic rings. The van der Waals surface area contributed by atoms with Gasteiger partial charge in [-0.15, -0.1) is 0 Å². The molecular weight excluding hydrogens is 324 g/mol. The predicted molar refractivity (Wildman–Crippen MR) is 108 cm³/mol. The minimum Gasteiger partial charge on any atom is -0.359 e. The second-order valence-corrected chi connectivity index (χ2v) is 6.28. The van der Waals surface area contributed by atoms with E-state index in [0.717, 1.165) is 33.9 Å². The quantitative estimate of drug-likeness (QED) is 0.678. The maximum atomic E-state index is 11.1. The van der Waals surface area contributed by atoms with E-state index >= 15 is 0 Å². The molecule has 0 radical (unpaired) electrons. The Labute approximate surface area is 154 Å². The van der Waals surface area contributed by atoms with Crippen LogP contribution in [0.2, 0.25) is 0 Å². The van der Waals surface area contributed by atoms with Crippen LogP contribution in [0.4, 0.5) is 11.4 Å². The van der Waals surface area contributed by atoms with Crippen molar-refractivity contribution < 1.29 is 9.59 Å². The highest BCUT2D eigenvalue weighted by atomic mass is 16.1. The lowest BCUT2D eigenvalue weighted by molar-refractivity contribution is -0.113. The predicted octanol–water partition coefficient (Wildman–Crippen LogP) is 5.16. The molecule has 2 N–H and O–H groups in total. The Hall–Kier alpha value is -3.14. The van der Waals surface area contributed by atoms with E-state index in [4.69, 9.17) is 0 Å². The fourth-order valence-corrected chi connectivity index (χ4v) is 2.63. The maximum Gasteiger partial charge on any atom is 0.154 e. The Bertz CT molecular complexity index is 771. The summed E-state index contributed by atoms with van der Waals surface area (Å²) < 4.78 is 0. The van der Waals surface area contributed by atoms with Crippen LogP contribution in [0.5, 0.6) is 0 Å². The molecule has 0 aromatic heterocycles. The van der Waals surface area contributed by atoms with Gasteiger partial charge in [-0.25, -0.2) is 0 Å². The Kier molecular flexibility index (Phi) is 6.50. The first kappa shape index (κ1) is 19.2. The molecule has 0 aliphatic heterocycles. The summed E-state index contributed by atoms with van der Waals surface area (Å²) in [5.41, 5.74) is 5.71. The minimum absolute atomic E-state index is 0.0219. The summed E-state index contributed by atoms with van der Waals surface area (Å²) in [5, 5.41) is 6.39. The summed E-state index contributed by atoms with van der Waals surface area (Å²) in [5.74, 6) is 0.0439. The van der Waals surface area contributed by atoms with Gasteiger partial charge in [0, 0.05) is 22.8 Å². The Balaban J connectivity index is 2.07. The lowest BCUT2D eigenvalue weighted by Gasteiger charge is -2.09. The van der Waals surface area contributed by atoms with Gasteiger partial charge in [-0.05, 0) is 75.2 Å². The number of ketones is 2. The molecular formula is C22H24N2O2. The third-order valence-electron chi connectivity index (χ3n) is 3.63. The fourth-order valence-electron chi connectivity index (χ4n) is 2.63. The van der Waals surface area contributed by atoms with Crippen LogP contribution in [-0.4, -0.2) is 11.6 Å². The number of carbonyl (C=O) groups excluding carboxylic acids is 2. The summed E-state index contributed by atoms with van der Waals surface area (Å²) >= 11 is 0. The van der Waals surface area contributed by atoms with Crippen molar-refractivity contribution in [3.8, 4) is 11.1 Å². The van der Waals surface area contributed by atoms with Crippen LogP contribution < -0.4 is 10.6 Å². The molecule has 4 nitrogen and oxygen atoms in total. The molecule has 0 amide bonds. The van der Waals surface area contributed by atoms with Gasteiger partial charge in [0.05, 0.1) is 0 Å². The van der Waals surface area contributed by atoms with Crippen molar-refractivity contribution in [2.45, 2.75) is 27.7 Å². The van der Waals surface area contributed by atoms with Gasteiger partial charge >= 0.3 is 0 Å². The molecule has 2 aromatic rings. The first-order chi connectivity index (χ1) is 12.3. The minimum atomic E-state index is 0.0219. The maximum absolute atomic E-state index is 11.1. The third kappa shape index (κ3) is 6.06. The first-order valence-electron chi connectivity index (χ1n) is 8.46. The SMILES string of the molecule is CC(=O)/C=C(\C)Nc1ccc(-c2ccc(N/C(C)=C/C(C)=O)cc2)cc1. The summed E-state index contributed by atoms with van der Waals surface area (Å²) in [4.78, 5) is 22.2. The second kappa shape index (κ2) is 8.81. The van der Waals surface area contributed by atoms with Gasteiger partial charge in [0.2, 0.25) is 0 Å². The molecule has 0 spiro atoms. The fraction of sp³-hybridized carbons (Fsp3) is 0.182. The Morgan fingerprint density at radius 3 is 1.19 bits per heavy atom. The van der Waals surface area contributed by atoms with Crippen molar-refractivity contribution >= 4 is 22.9 Å². The van der Waals surface area contributed by atoms with E-state index in [2.05, 4.69) is 10.6 Å². The summed E-state index contributed by atoms with van der Waals surface area (Å²) in [6.07, 6.45) is 3.14. The van der Waals surface area contributed by atoms with Crippen molar-refractivity contribution in [1.82, 2.24) is 0 Å². The largest absolute Gasteiger partial charge is 0.359 e. The highest BCUT2D eigenvalue weighted by Gasteiger charge is 2.01. The highest BCUT2D eigenvalue weighted by molar-refractivity contribution is 5.88. The Morgan fingerprint density at radius 2 is 0.923 bits per heavy atom. The number of anilines is 2. The van der Waals surface area contributed by atoms with E-state index in [-0.39, 0.29) is 11.6 Å². The number of nitrogens with one attached hydrogen (secondary N) is 2. The van der Waals surface area contributed by atoms with Crippen LogP contribution in [0.25, 0.3) is 11.1 Å². The summed E-state index contributed by atoms with van der Waals surface area (Å²) in [7, 11) is 0. The van der Waals surface area contributed by atoms with E-state index in [1.54, 1.807) is 12.2 Å². The van der Waals surface area contributed by atoms with Gasteiger partial charge in [0.1, 0.15) is 0 Å². The number of rotatable bonds is 7. The molecule has 0 atom stereocenters. The number of allylic oxidation sites excluding steroid dienone is 4. The third-order valence-corrected chi connectivity index (χ3v) is 3.63. The summed E-state index contributed by atoms with van der Waals surface area (Å²) in [6.45, 7) is 6.79. The zero-order valence-corrected chi connectivity index (χ0v) is 15.6. The van der Waals surface area contributed by atoms with Crippen molar-refractivity contribution in [3.05, 3.63) is 72.1 Å². The molecule has 0 fully saturated rings. The van der Waals surface area contributed by atoms with E-state index in [1.165, 1.54) is 13.8 Å². The first-order valence-corrected chi connectivity index (χ1v) is 8.46. The highest BCUT2D eigenvalue weighted by Crippen LogP contribution is 2.24. The molecule has 26 heavy (non-hydrogen) atoms. The molecule has 0 heterocycles. The number of hydrogen-bond acceptors (Lipinski definition) is 4. The smallest absolute Gasteiger partial charge is 0.154 e. The van der Waals surface area contributed by atoms with E-state index in [1.807, 2.05) is 62.4 Å². The van der Waals surface area contributed by atoms with Crippen LogP contribution in [0.3, 0.4) is 0 Å². The average molecular weight is 348 g/mol. The summed E-state index contributed by atoms with van der Waals surface area (Å²) in [6, 6.07) is 16.1. The lowest BCUT2D eigenvalue weighted by atomic mass is 10.0. The monoisotopic (exact) mass is 348 g/mol. The molecule has 4 heteroatoms. The average Bonchev–Trinajstić information content (AvgIpc) is 2.54. The normalized spacial score (nSPS) is 11.8. The van der Waals surface area contributed by atoms with E-state index in [9.17, 15) is 9.59 Å². The van der Waals surface area contributed by atoms with Gasteiger partial charge in [-0.3, -0.25) is 9.59 Å². The van der Waals surface area contributed by atoms with Gasteiger partial charge < -0.3 is 10.6 Å². The molecule has 2 rings (SSSR count). The standard InChI is InChI=1S/C22H24N2O2/c1-15(13-17(3)25)23-21-9-5-19(6-10-21)20-7-11-22(12-8-20)24-16(2)14-18(4)26/h5-14,23-24H,1-4H3/b15-13+,16-14+. The van der Waals surface area contributed by atoms with Crippen LogP contribution in [-0.2, 0) is 9.59 Å². The van der Waals surface area contributed by atoms with Gasteiger partial charge in [-0.1, -0.05) is 24.3 Å². The van der Waals surface area contributed by atoms with Crippen LogP contribution in [0, 0.1) is 0 Å². The molecule has 0 bridgehead atoms. The number of hydrogen-bond donors (Lipinski definition) is 2.